The summed E-state index contributed by atoms with van der Waals surface area (Å²) in [6.07, 6.45) is 2.93. The minimum absolute atomic E-state index is 0.254. The minimum Gasteiger partial charge on any atom is -0.339 e. The van der Waals surface area contributed by atoms with E-state index < -0.39 is 0 Å². The fourth-order valence-electron chi connectivity index (χ4n) is 1.87. The van der Waals surface area contributed by atoms with Crippen LogP contribution >= 0.6 is 12.6 Å². The van der Waals surface area contributed by atoms with Gasteiger partial charge in [0.1, 0.15) is 0 Å². The third-order valence-corrected chi connectivity index (χ3v) is 3.18. The summed E-state index contributed by atoms with van der Waals surface area (Å²) in [5.41, 5.74) is 0. The molecule has 2 unspecified atom stereocenters. The molecule has 1 rings (SSSR count). The number of carbonyl (C=O) groups excluding carboxylic acids is 1. The van der Waals surface area contributed by atoms with Crippen molar-refractivity contribution in [3.8, 4) is 0 Å². The lowest BCUT2D eigenvalue weighted by atomic mass is 10.0. The molecule has 1 aliphatic rings. The highest BCUT2D eigenvalue weighted by atomic mass is 32.1. The summed E-state index contributed by atoms with van der Waals surface area (Å²) in [4.78, 5) is 13.5. The van der Waals surface area contributed by atoms with Gasteiger partial charge in [0.15, 0.2) is 0 Å². The summed E-state index contributed by atoms with van der Waals surface area (Å²) >= 11 is 4.35. The molecule has 1 heterocycles. The number of nitrogens with zero attached hydrogens (tertiary/aromatic N) is 1. The average molecular weight is 215 g/mol. The normalized spacial score (nSPS) is 24.8. The zero-order valence-corrected chi connectivity index (χ0v) is 10.3. The molecule has 1 amide bonds. The number of thiol groups is 1. The van der Waals surface area contributed by atoms with Crippen LogP contribution in [0.25, 0.3) is 0 Å². The van der Waals surface area contributed by atoms with Crippen LogP contribution in [0.1, 0.15) is 40.0 Å². The number of hydrogen-bond donors (Lipinski definition) is 1. The Hall–Kier alpha value is -0.180. The van der Waals surface area contributed by atoms with Crippen molar-refractivity contribution in [3.05, 3.63) is 0 Å². The van der Waals surface area contributed by atoms with Crippen LogP contribution in [0.2, 0.25) is 0 Å². The van der Waals surface area contributed by atoms with Gasteiger partial charge in [-0.3, -0.25) is 4.79 Å². The lowest BCUT2D eigenvalue weighted by Crippen LogP contribution is -2.34. The van der Waals surface area contributed by atoms with Gasteiger partial charge >= 0.3 is 0 Å². The maximum Gasteiger partial charge on any atom is 0.224 e. The molecule has 0 radical (unpaired) electrons. The van der Waals surface area contributed by atoms with E-state index in [0.717, 1.165) is 18.9 Å². The second-order valence-electron chi connectivity index (χ2n) is 4.72. The van der Waals surface area contributed by atoms with Crippen LogP contribution in [0.4, 0.5) is 0 Å². The number of amides is 1. The van der Waals surface area contributed by atoms with Crippen LogP contribution < -0.4 is 0 Å². The zero-order chi connectivity index (χ0) is 10.7. The molecule has 1 saturated heterocycles. The van der Waals surface area contributed by atoms with E-state index in [0.29, 0.717) is 12.5 Å². The van der Waals surface area contributed by atoms with Crippen LogP contribution in [0.15, 0.2) is 0 Å². The van der Waals surface area contributed by atoms with Crippen molar-refractivity contribution in [2.24, 2.45) is 5.92 Å². The Bertz CT molecular complexity index is 205. The van der Waals surface area contributed by atoms with E-state index in [1.54, 1.807) is 0 Å². The van der Waals surface area contributed by atoms with Gasteiger partial charge in [0.05, 0.1) is 0 Å². The second kappa shape index (κ2) is 5.06. The Morgan fingerprint density at radius 2 is 2.07 bits per heavy atom. The molecule has 0 spiro atoms. The molecule has 0 N–H and O–H groups in total. The molecule has 0 aliphatic carbocycles. The molecular weight excluding hydrogens is 194 g/mol. The standard InChI is InChI=1S/C11H21NOS/c1-8(2)4-5-9(3)12-7-10(14)6-11(12)13/h8-10,14H,4-7H2,1-3H3. The maximum absolute atomic E-state index is 11.5. The highest BCUT2D eigenvalue weighted by Gasteiger charge is 2.30. The van der Waals surface area contributed by atoms with Crippen molar-refractivity contribution in [2.75, 3.05) is 6.54 Å². The number of rotatable bonds is 4. The van der Waals surface area contributed by atoms with Gasteiger partial charge in [0, 0.05) is 24.3 Å². The summed E-state index contributed by atoms with van der Waals surface area (Å²) < 4.78 is 0. The van der Waals surface area contributed by atoms with Crippen molar-refractivity contribution < 1.29 is 4.79 Å². The van der Waals surface area contributed by atoms with Crippen LogP contribution in [-0.2, 0) is 4.79 Å². The molecule has 0 aromatic heterocycles. The Labute approximate surface area is 92.5 Å². The van der Waals surface area contributed by atoms with E-state index in [-0.39, 0.29) is 11.2 Å². The molecule has 0 aromatic rings. The molecule has 82 valence electrons. The van der Waals surface area contributed by atoms with Crippen LogP contribution in [-0.4, -0.2) is 28.6 Å². The van der Waals surface area contributed by atoms with Crippen molar-refractivity contribution in [1.29, 1.82) is 0 Å². The topological polar surface area (TPSA) is 20.3 Å². The van der Waals surface area contributed by atoms with Crippen molar-refractivity contribution in [2.45, 2.75) is 51.3 Å². The van der Waals surface area contributed by atoms with Gasteiger partial charge in [-0.2, -0.15) is 12.6 Å². The van der Waals surface area contributed by atoms with Gasteiger partial charge in [0.2, 0.25) is 5.91 Å². The molecule has 1 fully saturated rings. The van der Waals surface area contributed by atoms with Gasteiger partial charge in [-0.1, -0.05) is 13.8 Å². The summed E-state index contributed by atoms with van der Waals surface area (Å²) in [5, 5.41) is 0.254. The molecule has 1 aliphatic heterocycles. The summed E-state index contributed by atoms with van der Waals surface area (Å²) in [6, 6.07) is 0.391. The van der Waals surface area contributed by atoms with Gasteiger partial charge < -0.3 is 4.90 Å². The Morgan fingerprint density at radius 1 is 1.43 bits per heavy atom. The average Bonchev–Trinajstić information content (AvgIpc) is 2.41. The van der Waals surface area contributed by atoms with Crippen LogP contribution in [0.5, 0.6) is 0 Å². The highest BCUT2D eigenvalue weighted by molar-refractivity contribution is 7.81. The van der Waals surface area contributed by atoms with Crippen molar-refractivity contribution in [1.82, 2.24) is 4.90 Å². The smallest absolute Gasteiger partial charge is 0.224 e. The van der Waals surface area contributed by atoms with Crippen molar-refractivity contribution >= 4 is 18.5 Å². The van der Waals surface area contributed by atoms with E-state index >= 15 is 0 Å². The number of likely N-dealkylation sites (tertiary alicyclic amines) is 1. The lowest BCUT2D eigenvalue weighted by molar-refractivity contribution is -0.129. The summed E-state index contributed by atoms with van der Waals surface area (Å²) in [5.74, 6) is 1.00. The first-order chi connectivity index (χ1) is 6.50. The van der Waals surface area contributed by atoms with Crippen LogP contribution in [0.3, 0.4) is 0 Å². The molecule has 0 bridgehead atoms. The summed E-state index contributed by atoms with van der Waals surface area (Å²) in [7, 11) is 0. The van der Waals surface area contributed by atoms with E-state index in [1.807, 2.05) is 4.90 Å². The van der Waals surface area contributed by atoms with Gasteiger partial charge in [-0.25, -0.2) is 0 Å². The second-order valence-corrected chi connectivity index (χ2v) is 5.45. The Balaban J connectivity index is 2.37. The zero-order valence-electron chi connectivity index (χ0n) is 9.36. The summed E-state index contributed by atoms with van der Waals surface area (Å²) in [6.45, 7) is 7.42. The Kier molecular flexibility index (Phi) is 4.30. The quantitative estimate of drug-likeness (QED) is 0.714. The predicted octanol–water partition coefficient (Wildman–Crippen LogP) is 2.34. The predicted molar refractivity (Wildman–Crippen MR) is 62.6 cm³/mol. The molecule has 2 atom stereocenters. The highest BCUT2D eigenvalue weighted by Crippen LogP contribution is 2.21. The number of carbonyl (C=O) groups is 1. The monoisotopic (exact) mass is 215 g/mol. The first-order valence-corrected chi connectivity index (χ1v) is 6.00. The van der Waals surface area contributed by atoms with Gasteiger partial charge in [-0.05, 0) is 25.7 Å². The SMILES string of the molecule is CC(C)CCC(C)N1CC(S)CC1=O. The Morgan fingerprint density at radius 3 is 2.50 bits per heavy atom. The van der Waals surface area contributed by atoms with Crippen LogP contribution in [0, 0.1) is 5.92 Å². The molecule has 2 nitrogen and oxygen atoms in total. The minimum atomic E-state index is 0.254. The van der Waals surface area contributed by atoms with E-state index in [1.165, 1.54) is 6.42 Å². The van der Waals surface area contributed by atoms with Gasteiger partial charge in [-0.15, -0.1) is 0 Å². The molecule has 14 heavy (non-hydrogen) atoms. The van der Waals surface area contributed by atoms with E-state index in [9.17, 15) is 4.79 Å². The third-order valence-electron chi connectivity index (χ3n) is 2.83. The largest absolute Gasteiger partial charge is 0.339 e. The fourth-order valence-corrected chi connectivity index (χ4v) is 2.20. The van der Waals surface area contributed by atoms with E-state index in [4.69, 9.17) is 0 Å². The van der Waals surface area contributed by atoms with Gasteiger partial charge in [0.25, 0.3) is 0 Å². The molecular formula is C11H21NOS. The van der Waals surface area contributed by atoms with E-state index in [2.05, 4.69) is 33.4 Å². The third kappa shape index (κ3) is 3.19. The fraction of sp³-hybridized carbons (Fsp3) is 0.909. The number of hydrogen-bond acceptors (Lipinski definition) is 2. The molecule has 0 saturated carbocycles. The maximum atomic E-state index is 11.5. The first-order valence-electron chi connectivity index (χ1n) is 5.48. The van der Waals surface area contributed by atoms with Crippen molar-refractivity contribution in [3.63, 3.8) is 0 Å². The lowest BCUT2D eigenvalue weighted by Gasteiger charge is -2.25. The first kappa shape index (κ1) is 11.9. The molecule has 3 heteroatoms. The molecule has 0 aromatic carbocycles.